The van der Waals surface area contributed by atoms with Crippen molar-refractivity contribution in [1.82, 2.24) is 4.98 Å². The maximum absolute atomic E-state index is 3.36. The fourth-order valence-electron chi connectivity index (χ4n) is 2.27. The van der Waals surface area contributed by atoms with E-state index in [1.54, 1.807) is 0 Å². The number of aromatic amines is 1. The van der Waals surface area contributed by atoms with Gasteiger partial charge < -0.3 is 29.8 Å². The SMILES string of the molecule is CC(C)=C1[C-]=c2ccccc2=C1.[Cl-].[Cl-].[Zr+4].[c-]1cc2ccccc2[nH]1. The van der Waals surface area contributed by atoms with E-state index in [2.05, 4.69) is 61.4 Å². The molecule has 4 rings (SSSR count). The molecule has 1 nitrogen and oxygen atoms in total. The summed E-state index contributed by atoms with van der Waals surface area (Å²) in [6, 6.07) is 18.4. The van der Waals surface area contributed by atoms with Crippen molar-refractivity contribution in [3.8, 4) is 0 Å². The normalized spacial score (nSPS) is 10.5. The van der Waals surface area contributed by atoms with Crippen molar-refractivity contribution in [2.45, 2.75) is 13.8 Å². The van der Waals surface area contributed by atoms with E-state index in [0.29, 0.717) is 0 Å². The standard InChI is InChI=1S/C12H11.C8H6N.2ClH.Zr/c1-9(2)12-7-10-5-3-4-6-11(10)8-12;1-2-4-8-7(3-1)5-6-9-8;;;/h3-7H,1-2H3;1-5,9H;2*1H;/q2*-1;;;+4/p-2. The quantitative estimate of drug-likeness (QED) is 0.376. The number of H-pyrrole nitrogens is 1. The first kappa shape index (κ1) is 22.9. The summed E-state index contributed by atoms with van der Waals surface area (Å²) in [5.74, 6) is 0. The molecule has 2 aromatic carbocycles. The Morgan fingerprint density at radius 1 is 0.917 bits per heavy atom. The van der Waals surface area contributed by atoms with Gasteiger partial charge in [-0.1, -0.05) is 44.2 Å². The van der Waals surface area contributed by atoms with Crippen LogP contribution in [-0.2, 0) is 26.2 Å². The molecule has 0 atom stereocenters. The second-order valence-corrected chi connectivity index (χ2v) is 5.27. The molecule has 0 saturated heterocycles. The summed E-state index contributed by atoms with van der Waals surface area (Å²) in [4.78, 5) is 2.99. The maximum Gasteiger partial charge on any atom is 4.00 e. The average Bonchev–Trinajstić information content (AvgIpc) is 3.14. The summed E-state index contributed by atoms with van der Waals surface area (Å²) in [6.07, 6.45) is 8.46. The van der Waals surface area contributed by atoms with Gasteiger partial charge in [-0.2, -0.15) is 11.5 Å². The molecule has 0 bridgehead atoms. The van der Waals surface area contributed by atoms with Gasteiger partial charge in [0.05, 0.1) is 0 Å². The maximum atomic E-state index is 3.36. The molecule has 120 valence electrons. The number of halogens is 2. The van der Waals surface area contributed by atoms with Gasteiger partial charge in [0.2, 0.25) is 0 Å². The van der Waals surface area contributed by atoms with Crippen molar-refractivity contribution in [2.75, 3.05) is 0 Å². The zero-order chi connectivity index (χ0) is 14.7. The zero-order valence-corrected chi connectivity index (χ0v) is 17.5. The molecule has 0 radical (unpaired) electrons. The number of hydrogen-bond acceptors (Lipinski definition) is 0. The van der Waals surface area contributed by atoms with Gasteiger partial charge in [-0.25, -0.2) is 0 Å². The molecule has 3 aromatic rings. The summed E-state index contributed by atoms with van der Waals surface area (Å²) in [5, 5.41) is 3.72. The van der Waals surface area contributed by atoms with Crippen LogP contribution in [-0.4, -0.2) is 4.98 Å². The van der Waals surface area contributed by atoms with E-state index in [1.807, 2.05) is 30.3 Å². The zero-order valence-electron chi connectivity index (χ0n) is 13.5. The van der Waals surface area contributed by atoms with E-state index in [0.717, 1.165) is 5.52 Å². The molecule has 0 spiro atoms. The number of allylic oxidation sites excluding steroid dienone is 2. The van der Waals surface area contributed by atoms with Gasteiger partial charge >= 0.3 is 26.2 Å². The first-order valence-corrected chi connectivity index (χ1v) is 7.06. The summed E-state index contributed by atoms with van der Waals surface area (Å²) in [7, 11) is 0. The third kappa shape index (κ3) is 5.48. The minimum absolute atomic E-state index is 0. The van der Waals surface area contributed by atoms with Gasteiger partial charge in [0, 0.05) is 0 Å². The predicted molar refractivity (Wildman–Crippen MR) is 89.1 cm³/mol. The molecule has 1 heterocycles. The van der Waals surface area contributed by atoms with Gasteiger partial charge in [0.15, 0.2) is 0 Å². The fraction of sp³-hybridized carbons (Fsp3) is 0.100. The summed E-state index contributed by atoms with van der Waals surface area (Å²) < 4.78 is 0. The summed E-state index contributed by atoms with van der Waals surface area (Å²) >= 11 is 0. The van der Waals surface area contributed by atoms with Crippen LogP contribution >= 0.6 is 0 Å². The van der Waals surface area contributed by atoms with Gasteiger partial charge in [-0.05, 0) is 0 Å². The van der Waals surface area contributed by atoms with Crippen molar-refractivity contribution in [3.05, 3.63) is 82.4 Å². The Labute approximate surface area is 174 Å². The van der Waals surface area contributed by atoms with E-state index in [9.17, 15) is 0 Å². The van der Waals surface area contributed by atoms with Crippen LogP contribution in [0.15, 0.2) is 65.7 Å². The van der Waals surface area contributed by atoms with Crippen LogP contribution in [0, 0.1) is 6.20 Å². The van der Waals surface area contributed by atoms with Crippen LogP contribution in [0.2, 0.25) is 0 Å². The Hall–Kier alpha value is -1.08. The van der Waals surface area contributed by atoms with Crippen molar-refractivity contribution < 1.29 is 51.0 Å². The number of benzene rings is 2. The van der Waals surface area contributed by atoms with Crippen LogP contribution in [0.4, 0.5) is 0 Å². The van der Waals surface area contributed by atoms with Gasteiger partial charge in [-0.15, -0.1) is 63.6 Å². The fourth-order valence-corrected chi connectivity index (χ4v) is 2.27. The number of nitrogens with one attached hydrogen (secondary N) is 1. The molecule has 0 fully saturated rings. The van der Waals surface area contributed by atoms with Crippen molar-refractivity contribution in [3.63, 3.8) is 0 Å². The van der Waals surface area contributed by atoms with Gasteiger partial charge in [0.25, 0.3) is 0 Å². The number of fused-ring (bicyclic) bond motifs is 2. The van der Waals surface area contributed by atoms with Crippen molar-refractivity contribution in [2.24, 2.45) is 0 Å². The first-order chi connectivity index (χ1) is 10.2. The molecule has 1 N–H and O–H groups in total. The second-order valence-electron chi connectivity index (χ2n) is 5.27. The Morgan fingerprint density at radius 2 is 1.58 bits per heavy atom. The third-order valence-corrected chi connectivity index (χ3v) is 3.46. The number of aromatic nitrogens is 1. The van der Waals surface area contributed by atoms with Gasteiger partial charge in [0.1, 0.15) is 0 Å². The molecule has 4 heteroatoms. The van der Waals surface area contributed by atoms with E-state index in [1.165, 1.54) is 27.0 Å². The largest absolute Gasteiger partial charge is 4.00 e. The minimum atomic E-state index is 0. The van der Waals surface area contributed by atoms with E-state index in [-0.39, 0.29) is 51.0 Å². The average molecular weight is 433 g/mol. The molecular formula is C20H17Cl2NZr. The number of para-hydroxylation sites is 1. The van der Waals surface area contributed by atoms with Crippen LogP contribution in [0.25, 0.3) is 23.1 Å². The summed E-state index contributed by atoms with van der Waals surface area (Å²) in [6.45, 7) is 4.23. The molecule has 0 aliphatic heterocycles. The van der Waals surface area contributed by atoms with Crippen LogP contribution in [0.3, 0.4) is 0 Å². The van der Waals surface area contributed by atoms with Crippen LogP contribution in [0.1, 0.15) is 13.8 Å². The van der Waals surface area contributed by atoms with E-state index in [4.69, 9.17) is 0 Å². The number of rotatable bonds is 0. The molecule has 1 aliphatic rings. The smallest absolute Gasteiger partial charge is 1.00 e. The molecular weight excluding hydrogens is 416 g/mol. The summed E-state index contributed by atoms with van der Waals surface area (Å²) in [5.41, 5.74) is 3.71. The Balaban J connectivity index is 0.000000402. The first-order valence-electron chi connectivity index (χ1n) is 7.06. The molecule has 24 heavy (non-hydrogen) atoms. The molecule has 0 unspecified atom stereocenters. The van der Waals surface area contributed by atoms with E-state index < -0.39 is 0 Å². The van der Waals surface area contributed by atoms with Crippen LogP contribution in [0.5, 0.6) is 0 Å². The second kappa shape index (κ2) is 10.7. The van der Waals surface area contributed by atoms with E-state index >= 15 is 0 Å². The number of hydrogen-bond donors (Lipinski definition) is 1. The molecule has 0 saturated carbocycles. The predicted octanol–water partition coefficient (Wildman–Crippen LogP) is -2.55. The Kier molecular flexibility index (Phi) is 10.2. The van der Waals surface area contributed by atoms with Crippen LogP contribution < -0.4 is 35.3 Å². The van der Waals surface area contributed by atoms with Crippen molar-refractivity contribution >= 4 is 23.1 Å². The van der Waals surface area contributed by atoms with Gasteiger partial charge in [-0.3, -0.25) is 0 Å². The van der Waals surface area contributed by atoms with Crippen molar-refractivity contribution in [1.29, 1.82) is 0 Å². The monoisotopic (exact) mass is 431 g/mol. The Bertz CT molecular complexity index is 855. The third-order valence-electron chi connectivity index (χ3n) is 3.46. The molecule has 1 aromatic heterocycles. The minimum Gasteiger partial charge on any atom is -1.00 e. The molecule has 1 aliphatic carbocycles. The Morgan fingerprint density at radius 3 is 2.25 bits per heavy atom. The topological polar surface area (TPSA) is 15.8 Å². The molecule has 0 amide bonds.